The topological polar surface area (TPSA) is 103 Å². The van der Waals surface area contributed by atoms with E-state index in [-0.39, 0.29) is 0 Å². The summed E-state index contributed by atoms with van der Waals surface area (Å²) >= 11 is 0. The maximum absolute atomic E-state index is 5.32. The molecule has 0 bridgehead atoms. The van der Waals surface area contributed by atoms with Crippen molar-refractivity contribution in [1.29, 1.82) is 0 Å². The summed E-state index contributed by atoms with van der Waals surface area (Å²) in [5.74, 6) is 3.76. The van der Waals surface area contributed by atoms with Crippen LogP contribution in [0.15, 0.2) is 401 Å². The minimum atomic E-state index is 0.620. The number of hydrogen-bond acceptors (Lipinski definition) is 8. The highest BCUT2D eigenvalue weighted by molar-refractivity contribution is 6.35. The molecule has 0 N–H and O–H groups in total. The highest BCUT2D eigenvalue weighted by Crippen LogP contribution is 2.50. The number of pyridine rings is 2. The van der Waals surface area contributed by atoms with E-state index in [2.05, 4.69) is 301 Å². The molecule has 8 nitrogen and oxygen atoms in total. The van der Waals surface area contributed by atoms with Crippen molar-refractivity contribution < 1.29 is 0 Å². The molecule has 8 heteroatoms. The molecule has 0 unspecified atom stereocenters. The lowest BCUT2D eigenvalue weighted by molar-refractivity contribution is 1.08. The SMILES string of the molecule is c1ccc(-c2nc(-c3ccccc3)nc(-c3c4ccccc4c(-c4cccnc4)c4ccc(-c5cc6c7ccccc7c7ccccc7c6c6ccccc56)cc34)n2)cc1.c1ccc(-c2nc(-c3ccccc3)nc(-c3cc(-c4cc5c6ccccc6c6ccccc6c5c5ccccc45)cc4ccc(-c5cccnc5)cc34)n2)cc1. The highest BCUT2D eigenvalue weighted by atomic mass is 15.0. The first-order valence-corrected chi connectivity index (χ1v) is 39.2. The molecule has 0 saturated carbocycles. The lowest BCUT2D eigenvalue weighted by atomic mass is 9.85. The molecule has 0 spiro atoms. The zero-order valence-electron chi connectivity index (χ0n) is 62.7. The average molecular weight is 1480 g/mol. The van der Waals surface area contributed by atoms with E-state index in [0.29, 0.717) is 34.9 Å². The van der Waals surface area contributed by atoms with Gasteiger partial charge in [0.05, 0.1) is 0 Å². The average Bonchev–Trinajstić information content (AvgIpc) is 0.717. The van der Waals surface area contributed by atoms with E-state index >= 15 is 0 Å². The van der Waals surface area contributed by atoms with Gasteiger partial charge in [-0.25, -0.2) is 29.9 Å². The fourth-order valence-corrected chi connectivity index (χ4v) is 17.7. The van der Waals surface area contributed by atoms with Crippen molar-refractivity contribution in [2.24, 2.45) is 0 Å². The van der Waals surface area contributed by atoms with Gasteiger partial charge >= 0.3 is 0 Å². The van der Waals surface area contributed by atoms with Crippen LogP contribution in [0.1, 0.15) is 0 Å². The van der Waals surface area contributed by atoms with Crippen molar-refractivity contribution in [3.63, 3.8) is 0 Å². The predicted molar refractivity (Wildman–Crippen MR) is 482 cm³/mol. The largest absolute Gasteiger partial charge is 0.264 e. The van der Waals surface area contributed by atoms with E-state index in [4.69, 9.17) is 29.9 Å². The van der Waals surface area contributed by atoms with Gasteiger partial charge in [0.25, 0.3) is 0 Å². The summed E-state index contributed by atoms with van der Waals surface area (Å²) in [7, 11) is 0. The van der Waals surface area contributed by atoms with Crippen molar-refractivity contribution in [3.8, 4) is 113 Å². The Morgan fingerprint density at radius 1 is 0.147 bits per heavy atom. The molecule has 0 aliphatic carbocycles. The quantitative estimate of drug-likeness (QED) is 0.0985. The standard InChI is InChI=1S/C56H34N4.C52H32N4/c1-3-16-35(17-4-1)54-58-55(36-18-5-2-6-19-36)60-56(59-54)53-46-28-14-13-27-45(46)51(38-20-15-31-57-34-38)47-30-29-37(32-49(47)53)48-33-50-41-23-8-7-21-39(41)40-22-9-11-25-43(40)52(50)44-26-12-10-24-42(44)48;1-3-14-33(15-4-1)50-54-51(34-16-5-2-6-17-34)56-52(55-50)48-30-38(28-36-26-25-35(29-45(36)48)37-18-13-27-53-32-37)46-31-47-41-21-8-7-19-39(41)40-20-9-11-23-43(40)49(47)44-24-12-10-22-42(44)46/h1-34H;1-32H. The minimum absolute atomic E-state index is 0.620. The third-order valence-corrected chi connectivity index (χ3v) is 22.9. The van der Waals surface area contributed by atoms with Gasteiger partial charge in [0.15, 0.2) is 34.9 Å². The maximum atomic E-state index is 5.32. The highest BCUT2D eigenvalue weighted by Gasteiger charge is 2.25. The molecular formula is C108H66N8. The van der Waals surface area contributed by atoms with Gasteiger partial charge in [0, 0.05) is 69.3 Å². The van der Waals surface area contributed by atoms with Crippen LogP contribution in [0.4, 0.5) is 0 Å². The van der Waals surface area contributed by atoms with E-state index in [1.54, 1.807) is 0 Å². The van der Waals surface area contributed by atoms with Crippen LogP contribution in [-0.4, -0.2) is 39.9 Å². The van der Waals surface area contributed by atoms with E-state index in [9.17, 15) is 0 Å². The first-order valence-electron chi connectivity index (χ1n) is 39.2. The molecular weight excluding hydrogens is 1410 g/mol. The lowest BCUT2D eigenvalue weighted by Gasteiger charge is -2.19. The van der Waals surface area contributed by atoms with Crippen molar-refractivity contribution in [1.82, 2.24) is 39.9 Å². The molecule has 0 saturated heterocycles. The van der Waals surface area contributed by atoms with E-state index in [1.165, 1.54) is 91.7 Å². The third-order valence-electron chi connectivity index (χ3n) is 22.9. The van der Waals surface area contributed by atoms with Crippen molar-refractivity contribution >= 4 is 118 Å². The molecule has 0 amide bonds. The summed E-state index contributed by atoms with van der Waals surface area (Å²) in [5.41, 5.74) is 14.5. The minimum Gasteiger partial charge on any atom is -0.264 e. The molecule has 4 aromatic heterocycles. The van der Waals surface area contributed by atoms with Crippen LogP contribution in [0.5, 0.6) is 0 Å². The Hall–Kier alpha value is -15.6. The molecule has 116 heavy (non-hydrogen) atoms. The van der Waals surface area contributed by atoms with Gasteiger partial charge in [-0.1, -0.05) is 328 Å². The van der Waals surface area contributed by atoms with Gasteiger partial charge in [-0.3, -0.25) is 9.97 Å². The fourth-order valence-electron chi connectivity index (χ4n) is 17.7. The molecule has 0 aliphatic heterocycles. The summed E-state index contributed by atoms with van der Waals surface area (Å²) in [4.78, 5) is 40.2. The van der Waals surface area contributed by atoms with Crippen LogP contribution in [0.2, 0.25) is 0 Å². The molecule has 0 radical (unpaired) electrons. The van der Waals surface area contributed by atoms with E-state index in [0.717, 1.165) is 105 Å². The monoisotopic (exact) mass is 1470 g/mol. The Morgan fingerprint density at radius 2 is 0.474 bits per heavy atom. The van der Waals surface area contributed by atoms with Crippen LogP contribution in [0, 0.1) is 0 Å². The fraction of sp³-hybridized carbons (Fsp3) is 0. The second kappa shape index (κ2) is 28.3. The normalized spacial score (nSPS) is 11.6. The van der Waals surface area contributed by atoms with Crippen molar-refractivity contribution in [3.05, 3.63) is 401 Å². The van der Waals surface area contributed by atoms with E-state index in [1.807, 2.05) is 110 Å². The molecule has 23 rings (SSSR count). The Bertz CT molecular complexity index is 7750. The van der Waals surface area contributed by atoms with Gasteiger partial charge in [-0.05, 0) is 200 Å². The summed E-state index contributed by atoms with van der Waals surface area (Å²) in [6.45, 7) is 0. The van der Waals surface area contributed by atoms with Crippen LogP contribution < -0.4 is 0 Å². The number of hydrogen-bond donors (Lipinski definition) is 0. The summed E-state index contributed by atoms with van der Waals surface area (Å²) in [5, 5.41) is 26.5. The van der Waals surface area contributed by atoms with Crippen molar-refractivity contribution in [2.75, 3.05) is 0 Å². The number of rotatable bonds is 10. The smallest absolute Gasteiger partial charge is 0.165 e. The molecule has 4 heterocycles. The lowest BCUT2D eigenvalue weighted by Crippen LogP contribution is -2.01. The van der Waals surface area contributed by atoms with Crippen LogP contribution in [0.3, 0.4) is 0 Å². The zero-order valence-corrected chi connectivity index (χ0v) is 62.7. The van der Waals surface area contributed by atoms with Crippen LogP contribution >= 0.6 is 0 Å². The first kappa shape index (κ1) is 67.3. The zero-order chi connectivity index (χ0) is 76.6. The molecule has 0 atom stereocenters. The van der Waals surface area contributed by atoms with Gasteiger partial charge in [0.2, 0.25) is 0 Å². The van der Waals surface area contributed by atoms with E-state index < -0.39 is 0 Å². The number of aromatic nitrogens is 8. The van der Waals surface area contributed by atoms with Crippen LogP contribution in [-0.2, 0) is 0 Å². The number of benzene rings is 19. The van der Waals surface area contributed by atoms with Gasteiger partial charge in [-0.2, -0.15) is 0 Å². The Kier molecular flexibility index (Phi) is 16.4. The Morgan fingerprint density at radius 3 is 0.922 bits per heavy atom. The first-order chi connectivity index (χ1) is 57.5. The van der Waals surface area contributed by atoms with Crippen molar-refractivity contribution in [2.45, 2.75) is 0 Å². The number of fused-ring (bicyclic) bond motifs is 19. The van der Waals surface area contributed by atoms with Gasteiger partial charge in [-0.15, -0.1) is 0 Å². The summed E-state index contributed by atoms with van der Waals surface area (Å²) in [6.07, 6.45) is 7.52. The van der Waals surface area contributed by atoms with Crippen LogP contribution in [0.25, 0.3) is 231 Å². The molecule has 0 fully saturated rings. The summed E-state index contributed by atoms with van der Waals surface area (Å²) < 4.78 is 0. The molecule has 23 aromatic rings. The molecule has 538 valence electrons. The Labute approximate surface area is 667 Å². The molecule has 19 aromatic carbocycles. The maximum Gasteiger partial charge on any atom is 0.165 e. The number of nitrogens with zero attached hydrogens (tertiary/aromatic N) is 8. The predicted octanol–water partition coefficient (Wildman–Crippen LogP) is 27.9. The second-order valence-electron chi connectivity index (χ2n) is 29.5. The molecule has 0 aliphatic rings. The third kappa shape index (κ3) is 11.6. The Balaban J connectivity index is 0.000000141. The van der Waals surface area contributed by atoms with Gasteiger partial charge < -0.3 is 0 Å². The van der Waals surface area contributed by atoms with Gasteiger partial charge in [0.1, 0.15) is 0 Å². The summed E-state index contributed by atoms with van der Waals surface area (Å²) in [6, 6.07) is 134. The second-order valence-corrected chi connectivity index (χ2v) is 29.5.